The second kappa shape index (κ2) is 18.6. The fourth-order valence-corrected chi connectivity index (χ4v) is 9.06. The second-order valence-corrected chi connectivity index (χ2v) is 17.1. The quantitative estimate of drug-likeness (QED) is 0.0533. The first-order valence-electron chi connectivity index (χ1n) is 21.7. The third-order valence-corrected chi connectivity index (χ3v) is 12.6. The molecule has 2 aromatic heterocycles. The van der Waals surface area contributed by atoms with Crippen molar-refractivity contribution in [3.63, 3.8) is 0 Å². The van der Waals surface area contributed by atoms with Crippen molar-refractivity contribution in [1.29, 1.82) is 10.5 Å². The Morgan fingerprint density at radius 2 is 1.01 bits per heavy atom. The summed E-state index contributed by atoms with van der Waals surface area (Å²) < 4.78 is 86.2. The molecular weight excluding hydrogens is 909 g/mol. The van der Waals surface area contributed by atoms with Gasteiger partial charge in [-0.1, -0.05) is 36.4 Å². The summed E-state index contributed by atoms with van der Waals surface area (Å²) in [4.78, 5) is 29.7. The van der Waals surface area contributed by atoms with Gasteiger partial charge in [-0.15, -0.1) is 0 Å². The Morgan fingerprint density at radius 3 is 1.36 bits per heavy atom. The molecule has 4 heterocycles. The minimum atomic E-state index is -4.70. The van der Waals surface area contributed by atoms with Gasteiger partial charge in [0.15, 0.2) is 11.8 Å². The van der Waals surface area contributed by atoms with E-state index in [1.165, 1.54) is 45.8 Å². The summed E-state index contributed by atoms with van der Waals surface area (Å²) >= 11 is 0. The molecule has 5 N–H and O–H groups in total. The van der Waals surface area contributed by atoms with Crippen molar-refractivity contribution in [1.82, 2.24) is 19.8 Å². The van der Waals surface area contributed by atoms with Gasteiger partial charge in [0, 0.05) is 38.3 Å². The normalized spacial score (nSPS) is 16.0. The minimum absolute atomic E-state index is 0.0863. The number of aliphatic hydroxyl groups is 1. The molecule has 0 bridgehead atoms. The number of anilines is 4. The van der Waals surface area contributed by atoms with E-state index < -0.39 is 47.6 Å². The zero-order chi connectivity index (χ0) is 49.4. The van der Waals surface area contributed by atoms with Crippen molar-refractivity contribution >= 4 is 34.8 Å². The second-order valence-electron chi connectivity index (χ2n) is 17.1. The Bertz CT molecular complexity index is 2790. The fraction of sp³-hybridized carbons (Fsp3) is 0.265. The maximum atomic E-state index is 13.8. The number of likely N-dealkylation sites (N-methyl/N-ethyl adjacent to an activating group) is 1. The maximum Gasteiger partial charge on any atom is 0.416 e. The van der Waals surface area contributed by atoms with Crippen LogP contribution in [0.1, 0.15) is 69.4 Å². The molecule has 0 radical (unpaired) electrons. The highest BCUT2D eigenvalue weighted by atomic mass is 19.4. The van der Waals surface area contributed by atoms with Crippen LogP contribution in [0.3, 0.4) is 0 Å². The molecule has 0 fully saturated rings. The van der Waals surface area contributed by atoms with E-state index in [9.17, 15) is 61.8 Å². The summed E-state index contributed by atoms with van der Waals surface area (Å²) in [5.41, 5.74) is 0.354. The number of aryl methyl sites for hydroxylation is 2. The fourth-order valence-electron chi connectivity index (χ4n) is 9.06. The molecule has 14 nitrogen and oxygen atoms in total. The van der Waals surface area contributed by atoms with Crippen LogP contribution in [-0.4, -0.2) is 74.3 Å². The smallest absolute Gasteiger partial charge is 0.416 e. The molecule has 0 aliphatic carbocycles. The van der Waals surface area contributed by atoms with Crippen LogP contribution in [0.25, 0.3) is 0 Å². The van der Waals surface area contributed by atoms with Crippen LogP contribution in [-0.2, 0) is 25.4 Å². The predicted octanol–water partition coefficient (Wildman–Crippen LogP) is 9.30. The van der Waals surface area contributed by atoms with Gasteiger partial charge in [-0.3, -0.25) is 9.80 Å². The van der Waals surface area contributed by atoms with Crippen molar-refractivity contribution in [2.45, 2.75) is 50.4 Å². The molecule has 0 saturated carbocycles. The van der Waals surface area contributed by atoms with Gasteiger partial charge >= 0.3 is 24.4 Å². The van der Waals surface area contributed by atoms with Gasteiger partial charge in [-0.2, -0.15) is 36.9 Å². The lowest BCUT2D eigenvalue weighted by atomic mass is 9.96. The Kier molecular flexibility index (Phi) is 12.8. The number of halogens is 6. The number of benzene rings is 4. The summed E-state index contributed by atoms with van der Waals surface area (Å²) in [5, 5.41) is 58.1. The maximum absolute atomic E-state index is 13.8. The van der Waals surface area contributed by atoms with Gasteiger partial charge in [0.05, 0.1) is 107 Å². The van der Waals surface area contributed by atoms with Crippen molar-refractivity contribution in [3.8, 4) is 23.9 Å². The van der Waals surface area contributed by atoms with Crippen LogP contribution < -0.4 is 20.4 Å². The largest absolute Gasteiger partial charge is 0.494 e. The average molecular weight is 953 g/mol. The molecule has 0 unspecified atom stereocenters. The number of nitrogens with zero attached hydrogens (tertiary/aromatic N) is 7. The molecule has 69 heavy (non-hydrogen) atoms. The Balaban J connectivity index is 1.04. The van der Waals surface area contributed by atoms with Gasteiger partial charge in [0.1, 0.15) is 6.54 Å². The lowest BCUT2D eigenvalue weighted by Crippen LogP contribution is -2.48. The summed E-state index contributed by atoms with van der Waals surface area (Å²) in [6, 6.07) is 21.9. The molecule has 4 aromatic carbocycles. The van der Waals surface area contributed by atoms with Gasteiger partial charge < -0.3 is 39.6 Å². The molecule has 8 rings (SSSR count). The van der Waals surface area contributed by atoms with Crippen LogP contribution >= 0.6 is 0 Å². The van der Waals surface area contributed by atoms with E-state index in [1.807, 2.05) is 19.2 Å². The van der Waals surface area contributed by atoms with Gasteiger partial charge in [0.2, 0.25) is 0 Å². The molecule has 356 valence electrons. The Hall–Kier alpha value is -7.94. The highest BCUT2D eigenvalue weighted by Crippen LogP contribution is 2.48. The standard InChI is InChI=1S/C49H43F6N9O5/c1-64(22-23-65,20-4-18-60-28-38-40(44(60)66)42(32-14-10-30(26-56)11-15-32)58-46(68)62(38)36-8-2-6-34(24-36)48(50,51)52)21-5-19-61-29-39-41(45(61)67)43(33-16-12-31(27-57)13-17-33)59-47(69)63(39)37-9-3-7-35(25-37)49(53,54)55/h2-3,6-17,24-25,28-29,42-43,65H,4-5,18-23H2,1H3,(H3-,58,59,66,67,68,69)/p+1/t42-,43-/m1/s1. The van der Waals surface area contributed by atoms with Crippen molar-refractivity contribution < 1.29 is 55.7 Å². The molecule has 0 spiro atoms. The van der Waals surface area contributed by atoms with Crippen molar-refractivity contribution in [3.05, 3.63) is 154 Å². The molecular formula is C49H44F6N9O5+. The number of hydrogen-bond donors (Lipinski definition) is 5. The zero-order valence-corrected chi connectivity index (χ0v) is 36.8. The first-order valence-corrected chi connectivity index (χ1v) is 21.7. The van der Waals surface area contributed by atoms with Gasteiger partial charge in [-0.25, -0.2) is 9.59 Å². The lowest BCUT2D eigenvalue weighted by Gasteiger charge is -2.34. The van der Waals surface area contributed by atoms with E-state index in [1.54, 1.807) is 48.5 Å². The van der Waals surface area contributed by atoms with Gasteiger partial charge in [-0.05, 0) is 71.8 Å². The minimum Gasteiger partial charge on any atom is -0.494 e. The lowest BCUT2D eigenvalue weighted by molar-refractivity contribution is -0.910. The summed E-state index contributed by atoms with van der Waals surface area (Å²) in [5.74, 6) is -0.489. The number of aromatic nitrogens is 2. The van der Waals surface area contributed by atoms with Crippen molar-refractivity contribution in [2.75, 3.05) is 43.1 Å². The van der Waals surface area contributed by atoms with Crippen molar-refractivity contribution in [2.24, 2.45) is 0 Å². The number of aliphatic hydroxyl groups excluding tert-OH is 1. The molecule has 4 amide bonds. The average Bonchev–Trinajstić information content (AvgIpc) is 3.82. The number of alkyl halides is 6. The number of nitriles is 2. The number of carbonyl (C=O) groups excluding carboxylic acids is 2. The van der Waals surface area contributed by atoms with Crippen LogP contribution in [0, 0.1) is 22.7 Å². The number of carbonyl (C=O) groups is 2. The van der Waals surface area contributed by atoms with Gasteiger partial charge in [0.25, 0.3) is 0 Å². The first-order chi connectivity index (χ1) is 32.8. The molecule has 2 atom stereocenters. The SMILES string of the molecule is C[N+](CCO)(CCCn1cc2c(c1O)[C@@H](c1ccc(C#N)cc1)NC(=O)N2c1cccc(C(F)(F)F)c1)CCCn1cc2c(c1O)[C@@H](c1ccc(C#N)cc1)NC(=O)N2c1cccc(C(F)(F)F)c1. The number of amides is 4. The molecule has 0 saturated heterocycles. The summed E-state index contributed by atoms with van der Waals surface area (Å²) in [6.07, 6.45) is -5.59. The summed E-state index contributed by atoms with van der Waals surface area (Å²) in [6.45, 7) is 1.34. The Labute approximate surface area is 391 Å². The summed E-state index contributed by atoms with van der Waals surface area (Å²) in [7, 11) is 1.91. The van der Waals surface area contributed by atoms with E-state index in [4.69, 9.17) is 0 Å². The monoisotopic (exact) mass is 952 g/mol. The van der Waals surface area contributed by atoms with E-state index >= 15 is 0 Å². The zero-order valence-electron chi connectivity index (χ0n) is 36.8. The van der Waals surface area contributed by atoms with Crippen LogP contribution in [0.15, 0.2) is 109 Å². The number of nitrogens with one attached hydrogen (secondary N) is 2. The predicted molar refractivity (Wildman–Crippen MR) is 240 cm³/mol. The number of urea groups is 2. The third-order valence-electron chi connectivity index (χ3n) is 12.6. The van der Waals surface area contributed by atoms with Crippen LogP contribution in [0.4, 0.5) is 58.7 Å². The highest BCUT2D eigenvalue weighted by molar-refractivity contribution is 6.04. The number of rotatable bonds is 14. The van der Waals surface area contributed by atoms with E-state index in [-0.39, 0.29) is 65.3 Å². The molecule has 20 heteroatoms. The number of quaternary nitrogens is 1. The highest BCUT2D eigenvalue weighted by Gasteiger charge is 2.41. The topological polar surface area (TPSA) is 183 Å². The third kappa shape index (κ3) is 9.49. The van der Waals surface area contributed by atoms with Crippen LogP contribution in [0.5, 0.6) is 11.8 Å². The van der Waals surface area contributed by atoms with E-state index in [2.05, 4.69) is 10.6 Å². The van der Waals surface area contributed by atoms with Crippen LogP contribution in [0.2, 0.25) is 0 Å². The first kappa shape index (κ1) is 47.5. The number of hydrogen-bond acceptors (Lipinski definition) is 7. The molecule has 2 aliphatic rings. The molecule has 6 aromatic rings. The Morgan fingerprint density at radius 1 is 0.623 bits per heavy atom. The van der Waals surface area contributed by atoms with E-state index in [0.717, 1.165) is 34.1 Å². The van der Waals surface area contributed by atoms with E-state index in [0.29, 0.717) is 59.2 Å². The molecule has 2 aliphatic heterocycles. The number of fused-ring (bicyclic) bond motifs is 2. The number of aromatic hydroxyl groups is 2.